The van der Waals surface area contributed by atoms with Gasteiger partial charge in [-0.3, -0.25) is 4.21 Å². The van der Waals surface area contributed by atoms with Gasteiger partial charge >= 0.3 is 5.97 Å². The van der Waals surface area contributed by atoms with Gasteiger partial charge in [-0.1, -0.05) is 0 Å². The molecule has 15 heavy (non-hydrogen) atoms. The van der Waals surface area contributed by atoms with E-state index in [1.807, 2.05) is 0 Å². The van der Waals surface area contributed by atoms with Crippen molar-refractivity contribution in [1.82, 2.24) is 9.55 Å². The summed E-state index contributed by atoms with van der Waals surface area (Å²) in [6.45, 7) is 0. The van der Waals surface area contributed by atoms with Crippen molar-refractivity contribution in [1.29, 1.82) is 5.26 Å². The number of esters is 1. The fraction of sp³-hybridized carbons (Fsp3) is 0.375. The van der Waals surface area contributed by atoms with Gasteiger partial charge < -0.3 is 9.30 Å². The second-order valence-electron chi connectivity index (χ2n) is 2.62. The molecule has 6 nitrogen and oxygen atoms in total. The van der Waals surface area contributed by atoms with E-state index in [9.17, 15) is 9.00 Å². The SMILES string of the molecule is COC(=O)c1cnc(S(=O)CC#N)n1C. The molecule has 1 aromatic heterocycles. The van der Waals surface area contributed by atoms with E-state index in [1.165, 1.54) is 17.9 Å². The highest BCUT2D eigenvalue weighted by Crippen LogP contribution is 2.08. The molecule has 0 N–H and O–H groups in total. The van der Waals surface area contributed by atoms with Crippen molar-refractivity contribution < 1.29 is 13.7 Å². The summed E-state index contributed by atoms with van der Waals surface area (Å²) < 4.78 is 17.3. The van der Waals surface area contributed by atoms with Gasteiger partial charge in [0.05, 0.1) is 19.4 Å². The highest BCUT2D eigenvalue weighted by molar-refractivity contribution is 7.85. The van der Waals surface area contributed by atoms with Crippen molar-refractivity contribution >= 4 is 16.8 Å². The number of carbonyl (C=O) groups is 1. The summed E-state index contributed by atoms with van der Waals surface area (Å²) in [5.41, 5.74) is 0.207. The molecule has 0 saturated carbocycles. The Hall–Kier alpha value is -1.68. The summed E-state index contributed by atoms with van der Waals surface area (Å²) in [6.07, 6.45) is 1.27. The van der Waals surface area contributed by atoms with Crippen molar-refractivity contribution in [2.75, 3.05) is 12.9 Å². The third-order valence-corrected chi connectivity index (χ3v) is 2.92. The zero-order valence-electron chi connectivity index (χ0n) is 8.26. The second kappa shape index (κ2) is 4.70. The normalized spacial score (nSPS) is 11.8. The lowest BCUT2D eigenvalue weighted by Gasteiger charge is -2.01. The average molecular weight is 227 g/mol. The van der Waals surface area contributed by atoms with E-state index in [2.05, 4.69) is 9.72 Å². The van der Waals surface area contributed by atoms with Crippen LogP contribution in [0.2, 0.25) is 0 Å². The highest BCUT2D eigenvalue weighted by atomic mass is 32.2. The number of imidazole rings is 1. The van der Waals surface area contributed by atoms with Crippen LogP contribution in [0, 0.1) is 11.3 Å². The molecule has 1 unspecified atom stereocenters. The molecule has 1 heterocycles. The highest BCUT2D eigenvalue weighted by Gasteiger charge is 2.17. The van der Waals surface area contributed by atoms with E-state index < -0.39 is 16.8 Å². The van der Waals surface area contributed by atoms with Crippen LogP contribution in [0.1, 0.15) is 10.5 Å². The van der Waals surface area contributed by atoms with Gasteiger partial charge in [0, 0.05) is 7.05 Å². The van der Waals surface area contributed by atoms with E-state index in [4.69, 9.17) is 5.26 Å². The Morgan fingerprint density at radius 2 is 2.47 bits per heavy atom. The molecule has 0 amide bonds. The first-order chi connectivity index (χ1) is 7.11. The number of hydrogen-bond donors (Lipinski definition) is 0. The number of carbonyl (C=O) groups excluding carboxylic acids is 1. The first-order valence-corrected chi connectivity index (χ1v) is 5.29. The van der Waals surface area contributed by atoms with E-state index >= 15 is 0 Å². The number of ether oxygens (including phenoxy) is 1. The van der Waals surface area contributed by atoms with Gasteiger partial charge in [-0.2, -0.15) is 5.26 Å². The lowest BCUT2D eigenvalue weighted by atomic mass is 10.5. The molecular formula is C8H9N3O3S. The Morgan fingerprint density at radius 1 is 1.80 bits per heavy atom. The molecule has 80 valence electrons. The third kappa shape index (κ3) is 2.22. The molecule has 1 atom stereocenters. The minimum Gasteiger partial charge on any atom is -0.464 e. The number of rotatable bonds is 3. The van der Waals surface area contributed by atoms with Crippen LogP contribution in [0.5, 0.6) is 0 Å². The molecule has 1 aromatic rings. The first-order valence-electron chi connectivity index (χ1n) is 3.97. The van der Waals surface area contributed by atoms with Crippen LogP contribution in [-0.4, -0.2) is 32.6 Å². The van der Waals surface area contributed by atoms with Crippen molar-refractivity contribution in [2.45, 2.75) is 5.16 Å². The molecule has 0 aliphatic heterocycles. The molecule has 1 rings (SSSR count). The van der Waals surface area contributed by atoms with Crippen molar-refractivity contribution in [3.63, 3.8) is 0 Å². The second-order valence-corrected chi connectivity index (χ2v) is 3.97. The molecule has 0 spiro atoms. The molecule has 0 aliphatic carbocycles. The van der Waals surface area contributed by atoms with E-state index in [1.54, 1.807) is 13.1 Å². The molecule has 0 aromatic carbocycles. The number of methoxy groups -OCH3 is 1. The lowest BCUT2D eigenvalue weighted by Crippen LogP contribution is -2.11. The predicted octanol–water partition coefficient (Wildman–Crippen LogP) is -0.162. The molecular weight excluding hydrogens is 218 g/mol. The van der Waals surface area contributed by atoms with Gasteiger partial charge in [0.15, 0.2) is 5.16 Å². The Bertz CT molecular complexity index is 446. The van der Waals surface area contributed by atoms with E-state index in [0.717, 1.165) is 0 Å². The van der Waals surface area contributed by atoms with Gasteiger partial charge in [0.2, 0.25) is 0 Å². The Kier molecular flexibility index (Phi) is 3.57. The lowest BCUT2D eigenvalue weighted by molar-refractivity contribution is 0.0589. The van der Waals surface area contributed by atoms with Crippen molar-refractivity contribution in [3.05, 3.63) is 11.9 Å². The maximum Gasteiger partial charge on any atom is 0.356 e. The van der Waals surface area contributed by atoms with Crippen LogP contribution in [-0.2, 0) is 22.6 Å². The largest absolute Gasteiger partial charge is 0.464 e. The number of hydrogen-bond acceptors (Lipinski definition) is 5. The Balaban J connectivity index is 3.05. The molecule has 7 heteroatoms. The van der Waals surface area contributed by atoms with Crippen LogP contribution in [0.3, 0.4) is 0 Å². The zero-order chi connectivity index (χ0) is 11.4. The fourth-order valence-electron chi connectivity index (χ4n) is 1.02. The topological polar surface area (TPSA) is 85.0 Å². The summed E-state index contributed by atoms with van der Waals surface area (Å²) in [4.78, 5) is 15.0. The van der Waals surface area contributed by atoms with Gasteiger partial charge in [-0.25, -0.2) is 9.78 Å². The summed E-state index contributed by atoms with van der Waals surface area (Å²) in [5, 5.41) is 8.57. The molecule has 0 saturated heterocycles. The quantitative estimate of drug-likeness (QED) is 0.670. The van der Waals surface area contributed by atoms with Crippen LogP contribution in [0.4, 0.5) is 0 Å². The van der Waals surface area contributed by atoms with Crippen molar-refractivity contribution in [2.24, 2.45) is 7.05 Å². The maximum atomic E-state index is 11.4. The zero-order valence-corrected chi connectivity index (χ0v) is 9.08. The Labute approximate surface area is 88.9 Å². The minimum atomic E-state index is -1.51. The van der Waals surface area contributed by atoms with Crippen LogP contribution >= 0.6 is 0 Å². The minimum absolute atomic E-state index is 0.147. The van der Waals surface area contributed by atoms with Gasteiger partial charge in [0.1, 0.15) is 22.2 Å². The maximum absolute atomic E-state index is 11.4. The van der Waals surface area contributed by atoms with Crippen molar-refractivity contribution in [3.8, 4) is 6.07 Å². The Morgan fingerprint density at radius 3 is 3.00 bits per heavy atom. The first kappa shape index (κ1) is 11.4. The van der Waals surface area contributed by atoms with Gasteiger partial charge in [-0.05, 0) is 0 Å². The van der Waals surface area contributed by atoms with Gasteiger partial charge in [0.25, 0.3) is 0 Å². The molecule has 0 radical (unpaired) electrons. The van der Waals surface area contributed by atoms with Crippen LogP contribution in [0.25, 0.3) is 0 Å². The van der Waals surface area contributed by atoms with Gasteiger partial charge in [-0.15, -0.1) is 0 Å². The summed E-state index contributed by atoms with van der Waals surface area (Å²) in [5.74, 6) is -0.698. The molecule has 0 bridgehead atoms. The summed E-state index contributed by atoms with van der Waals surface area (Å²) in [6, 6.07) is 1.78. The molecule has 0 fully saturated rings. The van der Waals surface area contributed by atoms with E-state index in [0.29, 0.717) is 0 Å². The smallest absolute Gasteiger partial charge is 0.356 e. The predicted molar refractivity (Wildman–Crippen MR) is 51.4 cm³/mol. The summed E-state index contributed by atoms with van der Waals surface area (Å²) >= 11 is 0. The number of nitriles is 1. The monoisotopic (exact) mass is 227 g/mol. The molecule has 0 aliphatic rings. The standard InChI is InChI=1S/C8H9N3O3S/c1-11-6(7(12)14-2)5-10-8(11)15(13)4-3-9/h5H,4H2,1-2H3. The van der Waals surface area contributed by atoms with Crippen LogP contribution < -0.4 is 0 Å². The third-order valence-electron chi connectivity index (χ3n) is 1.74. The van der Waals surface area contributed by atoms with E-state index in [-0.39, 0.29) is 16.6 Å². The fourth-order valence-corrected chi connectivity index (χ4v) is 1.84. The number of aromatic nitrogens is 2. The van der Waals surface area contributed by atoms with Crippen LogP contribution in [0.15, 0.2) is 11.4 Å². The summed E-state index contributed by atoms with van der Waals surface area (Å²) in [7, 11) is 1.29. The average Bonchev–Trinajstić information content (AvgIpc) is 2.59. The number of nitrogens with zero attached hydrogens (tertiary/aromatic N) is 3.